The molecule has 8 heteroatoms. The zero-order valence-electron chi connectivity index (χ0n) is 13.9. The van der Waals surface area contributed by atoms with Crippen molar-refractivity contribution in [2.24, 2.45) is 0 Å². The molecule has 0 radical (unpaired) electrons. The molecule has 3 heterocycles. The number of rotatable bonds is 2. The Morgan fingerprint density at radius 1 is 1.29 bits per heavy atom. The van der Waals surface area contributed by atoms with Crippen molar-refractivity contribution < 1.29 is 9.90 Å². The van der Waals surface area contributed by atoms with E-state index in [1.165, 1.54) is 11.3 Å². The molecule has 24 heavy (non-hydrogen) atoms. The summed E-state index contributed by atoms with van der Waals surface area (Å²) in [5.74, 6) is 0.129. The molecule has 0 bridgehead atoms. The average molecular weight is 377 g/mol. The Morgan fingerprint density at radius 2 is 2.08 bits per heavy atom. The first-order valence-corrected chi connectivity index (χ1v) is 8.01. The zero-order valence-corrected chi connectivity index (χ0v) is 15.5. The molecule has 1 aromatic rings. The molecule has 2 fully saturated rings. The van der Waals surface area contributed by atoms with Crippen LogP contribution in [0, 0.1) is 6.92 Å². The number of aliphatic hydroxyl groups excluding tert-OH is 1. The Hall–Kier alpha value is -1.08. The van der Waals surface area contributed by atoms with E-state index in [4.69, 9.17) is 0 Å². The lowest BCUT2D eigenvalue weighted by Crippen LogP contribution is -2.45. The van der Waals surface area contributed by atoms with Crippen LogP contribution in [0.3, 0.4) is 0 Å². The molecule has 0 aromatic carbocycles. The molecular formula is C16H26Cl2N4O2. The second-order valence-corrected chi connectivity index (χ2v) is 6.18. The van der Waals surface area contributed by atoms with Crippen molar-refractivity contribution in [2.45, 2.75) is 31.9 Å². The van der Waals surface area contributed by atoms with Crippen molar-refractivity contribution in [3.63, 3.8) is 0 Å². The van der Waals surface area contributed by atoms with Crippen LogP contribution in [0.1, 0.15) is 18.4 Å². The number of carbonyl (C=O) groups is 1. The van der Waals surface area contributed by atoms with Crippen molar-refractivity contribution in [1.29, 1.82) is 0 Å². The molecule has 6 nitrogen and oxygen atoms in total. The van der Waals surface area contributed by atoms with Crippen LogP contribution in [0.2, 0.25) is 0 Å². The molecule has 1 aromatic heterocycles. The Kier molecular flexibility index (Phi) is 8.22. The minimum atomic E-state index is -0.392. The van der Waals surface area contributed by atoms with Crippen LogP contribution in [0.15, 0.2) is 18.5 Å². The third-order valence-electron chi connectivity index (χ3n) is 4.54. The summed E-state index contributed by atoms with van der Waals surface area (Å²) in [6.45, 7) is 5.90. The van der Waals surface area contributed by atoms with Gasteiger partial charge in [-0.1, -0.05) is 0 Å². The largest absolute Gasteiger partial charge is 0.392 e. The van der Waals surface area contributed by atoms with Crippen molar-refractivity contribution >= 4 is 36.4 Å². The van der Waals surface area contributed by atoms with Crippen LogP contribution in [0.25, 0.3) is 0 Å². The predicted molar refractivity (Wildman–Crippen MR) is 99.3 cm³/mol. The first-order chi connectivity index (χ1) is 10.6. The first kappa shape index (κ1) is 21.0. The van der Waals surface area contributed by atoms with Gasteiger partial charge in [0, 0.05) is 50.8 Å². The van der Waals surface area contributed by atoms with E-state index in [1.54, 1.807) is 0 Å². The second-order valence-electron chi connectivity index (χ2n) is 6.18. The highest BCUT2D eigenvalue weighted by Crippen LogP contribution is 2.20. The van der Waals surface area contributed by atoms with Crippen LogP contribution in [-0.4, -0.2) is 65.8 Å². The van der Waals surface area contributed by atoms with E-state index in [2.05, 4.69) is 22.1 Å². The molecule has 2 atom stereocenters. The number of pyridine rings is 1. The summed E-state index contributed by atoms with van der Waals surface area (Å²) in [6, 6.07) is 1.83. The number of amides is 1. The second kappa shape index (κ2) is 9.42. The summed E-state index contributed by atoms with van der Waals surface area (Å²) < 4.78 is 0. The van der Waals surface area contributed by atoms with Crippen LogP contribution in [0.5, 0.6) is 0 Å². The lowest BCUT2D eigenvalue weighted by Gasteiger charge is -2.26. The summed E-state index contributed by atoms with van der Waals surface area (Å²) in [5.41, 5.74) is 2.38. The molecule has 1 amide bonds. The van der Waals surface area contributed by atoms with Gasteiger partial charge in [-0.15, -0.1) is 24.8 Å². The predicted octanol–water partition coefficient (Wildman–Crippen LogP) is 0.995. The average Bonchev–Trinajstić information content (AvgIpc) is 2.81. The lowest BCUT2D eigenvalue weighted by atomic mass is 10.2. The Bertz CT molecular complexity index is 547. The quantitative estimate of drug-likeness (QED) is 0.805. The third-order valence-corrected chi connectivity index (χ3v) is 4.54. The van der Waals surface area contributed by atoms with Crippen molar-refractivity contribution in [3.8, 4) is 0 Å². The number of anilines is 1. The van der Waals surface area contributed by atoms with E-state index in [1.807, 2.05) is 23.4 Å². The van der Waals surface area contributed by atoms with Gasteiger partial charge in [0.1, 0.15) is 0 Å². The molecule has 0 aliphatic carbocycles. The maximum Gasteiger partial charge on any atom is 0.239 e. The smallest absolute Gasteiger partial charge is 0.239 e. The number of halogens is 2. The first-order valence-electron chi connectivity index (χ1n) is 8.01. The van der Waals surface area contributed by atoms with Gasteiger partial charge in [0.05, 0.1) is 12.1 Å². The number of aryl methyl sites for hydroxylation is 1. The SMILES string of the molecule is Cc1cnccc1N1CCCN(C(=O)[C@@H]2C[C@@H](O)CN2)CC1.Cl.Cl. The summed E-state index contributed by atoms with van der Waals surface area (Å²) in [7, 11) is 0. The van der Waals surface area contributed by atoms with Gasteiger partial charge >= 0.3 is 0 Å². The Balaban J connectivity index is 0.00000144. The van der Waals surface area contributed by atoms with Gasteiger partial charge in [-0.25, -0.2) is 0 Å². The maximum atomic E-state index is 12.5. The van der Waals surface area contributed by atoms with E-state index >= 15 is 0 Å². The van der Waals surface area contributed by atoms with E-state index in [0.29, 0.717) is 13.0 Å². The fraction of sp³-hybridized carbons (Fsp3) is 0.625. The molecule has 0 spiro atoms. The summed E-state index contributed by atoms with van der Waals surface area (Å²) in [4.78, 5) is 20.9. The van der Waals surface area contributed by atoms with Gasteiger partial charge in [-0.3, -0.25) is 9.78 Å². The fourth-order valence-corrected chi connectivity index (χ4v) is 3.33. The topological polar surface area (TPSA) is 68.7 Å². The van der Waals surface area contributed by atoms with Crippen molar-refractivity contribution in [2.75, 3.05) is 37.6 Å². The van der Waals surface area contributed by atoms with Gasteiger partial charge in [0.25, 0.3) is 0 Å². The Labute approximate surface area is 155 Å². The Morgan fingerprint density at radius 3 is 2.75 bits per heavy atom. The van der Waals surface area contributed by atoms with Crippen LogP contribution < -0.4 is 10.2 Å². The molecule has 136 valence electrons. The third kappa shape index (κ3) is 4.72. The minimum absolute atomic E-state index is 0. The minimum Gasteiger partial charge on any atom is -0.392 e. The summed E-state index contributed by atoms with van der Waals surface area (Å²) >= 11 is 0. The maximum absolute atomic E-state index is 12.5. The highest BCUT2D eigenvalue weighted by Gasteiger charge is 2.32. The molecule has 2 saturated heterocycles. The molecular weight excluding hydrogens is 351 g/mol. The molecule has 0 unspecified atom stereocenters. The van der Waals surface area contributed by atoms with Crippen molar-refractivity contribution in [1.82, 2.24) is 15.2 Å². The fourth-order valence-electron chi connectivity index (χ4n) is 3.33. The van der Waals surface area contributed by atoms with E-state index in [0.717, 1.165) is 32.6 Å². The number of β-amino-alcohol motifs (C(OH)–C–C–N with tert-alkyl or cyclic N) is 1. The number of nitrogens with one attached hydrogen (secondary N) is 1. The standard InChI is InChI=1S/C16H24N4O2.2ClH/c1-12-10-17-4-3-15(12)19-5-2-6-20(8-7-19)16(22)14-9-13(21)11-18-14;;/h3-4,10,13-14,18,21H,2,5-9,11H2,1H3;2*1H/t13-,14+;;/m1../s1. The number of aromatic nitrogens is 1. The zero-order chi connectivity index (χ0) is 15.5. The van der Waals surface area contributed by atoms with E-state index in [-0.39, 0.29) is 36.8 Å². The highest BCUT2D eigenvalue weighted by molar-refractivity contribution is 5.85. The molecule has 0 saturated carbocycles. The van der Waals surface area contributed by atoms with Gasteiger partial charge in [-0.2, -0.15) is 0 Å². The normalized spacial score (nSPS) is 23.9. The van der Waals surface area contributed by atoms with Crippen molar-refractivity contribution in [3.05, 3.63) is 24.0 Å². The monoisotopic (exact) mass is 376 g/mol. The molecule has 3 rings (SSSR count). The molecule has 2 aliphatic heterocycles. The number of nitrogens with zero attached hydrogens (tertiary/aromatic N) is 3. The number of hydrogen-bond donors (Lipinski definition) is 2. The van der Waals surface area contributed by atoms with Gasteiger partial charge in [0.2, 0.25) is 5.91 Å². The van der Waals surface area contributed by atoms with Crippen LogP contribution in [-0.2, 0) is 4.79 Å². The molecule has 2 N–H and O–H groups in total. The summed E-state index contributed by atoms with van der Waals surface area (Å²) in [6.07, 6.45) is 4.80. The lowest BCUT2D eigenvalue weighted by molar-refractivity contribution is -0.133. The number of hydrogen-bond acceptors (Lipinski definition) is 5. The van der Waals surface area contributed by atoms with E-state index < -0.39 is 6.10 Å². The summed E-state index contributed by atoms with van der Waals surface area (Å²) in [5, 5.41) is 12.7. The van der Waals surface area contributed by atoms with Crippen LogP contribution in [0.4, 0.5) is 5.69 Å². The van der Waals surface area contributed by atoms with E-state index in [9.17, 15) is 9.90 Å². The van der Waals surface area contributed by atoms with Crippen LogP contribution >= 0.6 is 24.8 Å². The van der Waals surface area contributed by atoms with Gasteiger partial charge in [-0.05, 0) is 31.4 Å². The number of aliphatic hydroxyl groups is 1. The highest BCUT2D eigenvalue weighted by atomic mass is 35.5. The van der Waals surface area contributed by atoms with Gasteiger partial charge in [0.15, 0.2) is 0 Å². The molecule has 2 aliphatic rings. The van der Waals surface area contributed by atoms with Gasteiger partial charge < -0.3 is 20.2 Å². The number of carbonyl (C=O) groups excluding carboxylic acids is 1.